The molecule has 3 aromatic rings. The Hall–Kier alpha value is -4.48. The summed E-state index contributed by atoms with van der Waals surface area (Å²) in [6, 6.07) is 16.3. The maximum atomic E-state index is 13.5. The molecule has 1 aliphatic heterocycles. The highest BCUT2D eigenvalue weighted by Gasteiger charge is 2.31. The monoisotopic (exact) mass is 592 g/mol. The number of aliphatic hydroxyl groups is 1. The van der Waals surface area contributed by atoms with E-state index in [0.29, 0.717) is 42.3 Å². The van der Waals surface area contributed by atoms with Crippen molar-refractivity contribution in [2.45, 2.75) is 39.0 Å². The molecule has 0 radical (unpaired) electrons. The quantitative estimate of drug-likeness (QED) is 0.289. The lowest BCUT2D eigenvalue weighted by Crippen LogP contribution is -2.47. The number of aliphatic hydroxyl groups excluding tert-OH is 1. The molecule has 0 saturated carbocycles. The second-order valence-corrected chi connectivity index (χ2v) is 11.0. The molecular formula is C32H37FN4O6. The number of hydrogen-bond donors (Lipinski definition) is 4. The van der Waals surface area contributed by atoms with E-state index in [1.54, 1.807) is 54.3 Å². The normalized spacial score (nSPS) is 17.6. The Morgan fingerprint density at radius 1 is 1.07 bits per heavy atom. The number of fused-ring (bicyclic) bond motifs is 1. The number of ether oxygens (including phenoxy) is 1. The standard InChI is InChI=1S/C32H37FN4O6/c1-20-16-37(21(2)19-38)30(39)15-24-14-27(35-32(42)34-26-10-8-25(33)9-11-26)12-13-28(24)43-29(20)18-36(3)17-22-4-6-23(7-5-22)31(40)41/h4-14,20-21,29,38H,15-19H2,1-3H3,(H,40,41)(H2,34,35,42)/t20-,21-,29+/m0/s1. The lowest BCUT2D eigenvalue weighted by Gasteiger charge is -2.34. The predicted octanol–water partition coefficient (Wildman–Crippen LogP) is 4.45. The molecule has 4 rings (SSSR count). The Labute approximate surface area is 250 Å². The summed E-state index contributed by atoms with van der Waals surface area (Å²) in [5.74, 6) is -1.13. The van der Waals surface area contributed by atoms with Gasteiger partial charge in [0, 0.05) is 42.5 Å². The summed E-state index contributed by atoms with van der Waals surface area (Å²) in [6.45, 7) is 5.06. The van der Waals surface area contributed by atoms with Crippen molar-refractivity contribution in [3.05, 3.63) is 89.2 Å². The van der Waals surface area contributed by atoms with Crippen LogP contribution in [0.4, 0.5) is 20.6 Å². The van der Waals surface area contributed by atoms with Gasteiger partial charge in [0.05, 0.1) is 24.6 Å². The van der Waals surface area contributed by atoms with E-state index in [1.165, 1.54) is 24.3 Å². The molecule has 0 fully saturated rings. The maximum absolute atomic E-state index is 13.5. The van der Waals surface area contributed by atoms with Gasteiger partial charge in [0.25, 0.3) is 0 Å². The smallest absolute Gasteiger partial charge is 0.335 e. The first-order valence-electron chi connectivity index (χ1n) is 14.1. The molecule has 0 unspecified atom stereocenters. The van der Waals surface area contributed by atoms with E-state index < -0.39 is 23.9 Å². The fourth-order valence-electron chi connectivity index (χ4n) is 4.99. The van der Waals surface area contributed by atoms with Crippen LogP contribution in [-0.4, -0.2) is 76.8 Å². The van der Waals surface area contributed by atoms with Crippen LogP contribution in [-0.2, 0) is 17.8 Å². The molecule has 0 spiro atoms. The second-order valence-electron chi connectivity index (χ2n) is 11.0. The number of likely N-dealkylation sites (N-methyl/N-ethyl adjacent to an activating group) is 1. The Kier molecular flexibility index (Phi) is 10.3. The highest BCUT2D eigenvalue weighted by Crippen LogP contribution is 2.29. The minimum atomic E-state index is -0.977. The SMILES string of the molecule is C[C@H]1CN([C@@H](C)CO)C(=O)Cc2cc(NC(=O)Nc3ccc(F)cc3)ccc2O[C@@H]1CN(C)Cc1ccc(C(=O)O)cc1. The lowest BCUT2D eigenvalue weighted by atomic mass is 10.0. The average molecular weight is 593 g/mol. The molecule has 4 N–H and O–H groups in total. The first-order valence-corrected chi connectivity index (χ1v) is 14.1. The van der Waals surface area contributed by atoms with Gasteiger partial charge >= 0.3 is 12.0 Å². The van der Waals surface area contributed by atoms with Gasteiger partial charge in [0.2, 0.25) is 5.91 Å². The zero-order chi connectivity index (χ0) is 31.1. The van der Waals surface area contributed by atoms with Gasteiger partial charge < -0.3 is 30.5 Å². The number of aromatic carboxylic acids is 1. The van der Waals surface area contributed by atoms with Gasteiger partial charge in [-0.2, -0.15) is 0 Å². The maximum Gasteiger partial charge on any atom is 0.335 e. The molecule has 0 saturated heterocycles. The van der Waals surface area contributed by atoms with Gasteiger partial charge in [-0.05, 0) is 74.1 Å². The van der Waals surface area contributed by atoms with Crippen LogP contribution in [0.25, 0.3) is 0 Å². The summed E-state index contributed by atoms with van der Waals surface area (Å²) < 4.78 is 19.7. The lowest BCUT2D eigenvalue weighted by molar-refractivity contribution is -0.134. The molecule has 3 amide bonds. The second kappa shape index (κ2) is 14.1. The largest absolute Gasteiger partial charge is 0.488 e. The minimum absolute atomic E-state index is 0.0139. The van der Waals surface area contributed by atoms with Crippen LogP contribution in [0.15, 0.2) is 66.7 Å². The van der Waals surface area contributed by atoms with Gasteiger partial charge in [-0.25, -0.2) is 14.0 Å². The summed E-state index contributed by atoms with van der Waals surface area (Å²) in [4.78, 5) is 41.0. The number of amides is 3. The zero-order valence-corrected chi connectivity index (χ0v) is 24.4. The summed E-state index contributed by atoms with van der Waals surface area (Å²) in [5.41, 5.74) is 2.63. The number of carbonyl (C=O) groups is 3. The highest BCUT2D eigenvalue weighted by molar-refractivity contribution is 6.00. The summed E-state index contributed by atoms with van der Waals surface area (Å²) >= 11 is 0. The molecule has 0 aliphatic carbocycles. The van der Waals surface area contributed by atoms with Gasteiger partial charge in [0.15, 0.2) is 0 Å². The molecule has 1 heterocycles. The molecule has 10 nitrogen and oxygen atoms in total. The van der Waals surface area contributed by atoms with E-state index in [0.717, 1.165) is 5.56 Å². The molecule has 3 atom stereocenters. The number of nitrogens with one attached hydrogen (secondary N) is 2. The van der Waals surface area contributed by atoms with E-state index in [4.69, 9.17) is 4.74 Å². The van der Waals surface area contributed by atoms with Gasteiger partial charge in [0.1, 0.15) is 17.7 Å². The van der Waals surface area contributed by atoms with Crippen LogP contribution in [0.2, 0.25) is 0 Å². The first-order chi connectivity index (χ1) is 20.5. The van der Waals surface area contributed by atoms with E-state index in [-0.39, 0.29) is 36.5 Å². The number of hydrogen-bond acceptors (Lipinski definition) is 6. The number of nitrogens with zero attached hydrogens (tertiary/aromatic N) is 2. The number of benzene rings is 3. The molecule has 1 aliphatic rings. The van der Waals surface area contributed by atoms with Crippen LogP contribution in [0.3, 0.4) is 0 Å². The number of rotatable bonds is 9. The Bertz CT molecular complexity index is 1430. The van der Waals surface area contributed by atoms with Crippen molar-refractivity contribution >= 4 is 29.3 Å². The van der Waals surface area contributed by atoms with Crippen molar-refractivity contribution in [3.8, 4) is 5.75 Å². The number of halogens is 1. The van der Waals surface area contributed by atoms with Crippen molar-refractivity contribution in [1.29, 1.82) is 0 Å². The van der Waals surface area contributed by atoms with Crippen LogP contribution < -0.4 is 15.4 Å². The van der Waals surface area contributed by atoms with Gasteiger partial charge in [-0.1, -0.05) is 19.1 Å². The fourth-order valence-corrected chi connectivity index (χ4v) is 4.99. The third-order valence-corrected chi connectivity index (χ3v) is 7.42. The van der Waals surface area contributed by atoms with Crippen LogP contribution in [0, 0.1) is 11.7 Å². The van der Waals surface area contributed by atoms with Crippen molar-refractivity contribution < 1.29 is 33.7 Å². The van der Waals surface area contributed by atoms with E-state index in [2.05, 4.69) is 15.5 Å². The number of carboxylic acids is 1. The molecule has 43 heavy (non-hydrogen) atoms. The van der Waals surface area contributed by atoms with Gasteiger partial charge in [-0.15, -0.1) is 0 Å². The van der Waals surface area contributed by atoms with Crippen molar-refractivity contribution in [1.82, 2.24) is 9.80 Å². The molecule has 228 valence electrons. The zero-order valence-electron chi connectivity index (χ0n) is 24.4. The number of carboxylic acid groups (broad SMARTS) is 1. The Balaban J connectivity index is 1.54. The Morgan fingerprint density at radius 3 is 2.37 bits per heavy atom. The minimum Gasteiger partial charge on any atom is -0.488 e. The van der Waals surface area contributed by atoms with Crippen LogP contribution in [0.5, 0.6) is 5.75 Å². The molecular weight excluding hydrogens is 555 g/mol. The topological polar surface area (TPSA) is 131 Å². The van der Waals surface area contributed by atoms with Crippen molar-refractivity contribution in [2.75, 3.05) is 37.4 Å². The van der Waals surface area contributed by atoms with Crippen LogP contribution >= 0.6 is 0 Å². The third kappa shape index (κ3) is 8.52. The molecule has 0 bridgehead atoms. The van der Waals surface area contributed by atoms with E-state index >= 15 is 0 Å². The van der Waals surface area contributed by atoms with Gasteiger partial charge in [-0.3, -0.25) is 9.69 Å². The fraction of sp³-hybridized carbons (Fsp3) is 0.344. The predicted molar refractivity (Wildman–Crippen MR) is 161 cm³/mol. The number of anilines is 2. The average Bonchev–Trinajstić information content (AvgIpc) is 3.01. The van der Waals surface area contributed by atoms with Crippen molar-refractivity contribution in [3.63, 3.8) is 0 Å². The number of carbonyl (C=O) groups excluding carboxylic acids is 2. The number of urea groups is 1. The van der Waals surface area contributed by atoms with E-state index in [9.17, 15) is 29.0 Å². The van der Waals surface area contributed by atoms with E-state index in [1.807, 2.05) is 14.0 Å². The summed E-state index contributed by atoms with van der Waals surface area (Å²) in [5, 5.41) is 24.5. The first kappa shape index (κ1) is 31.5. The molecule has 11 heteroatoms. The van der Waals surface area contributed by atoms with Crippen molar-refractivity contribution in [2.24, 2.45) is 5.92 Å². The molecule has 0 aromatic heterocycles. The third-order valence-electron chi connectivity index (χ3n) is 7.42. The Morgan fingerprint density at radius 2 is 1.72 bits per heavy atom. The summed E-state index contributed by atoms with van der Waals surface area (Å²) in [7, 11) is 1.95. The molecule has 3 aromatic carbocycles. The highest BCUT2D eigenvalue weighted by atomic mass is 19.1. The summed E-state index contributed by atoms with van der Waals surface area (Å²) in [6.07, 6.45) is -0.318. The van der Waals surface area contributed by atoms with Crippen LogP contribution in [0.1, 0.15) is 35.3 Å².